The van der Waals surface area contributed by atoms with Gasteiger partial charge in [0.2, 0.25) is 0 Å². The van der Waals surface area contributed by atoms with E-state index in [-0.39, 0.29) is 0 Å². The largest absolute Gasteiger partial charge is 0.326 e. The van der Waals surface area contributed by atoms with Gasteiger partial charge < -0.3 is 11.1 Å². The fraction of sp³-hybridized carbons (Fsp3) is 1.00. The molecule has 0 aromatic heterocycles. The topological polar surface area (TPSA) is 38.0 Å². The van der Waals surface area contributed by atoms with Crippen molar-refractivity contribution in [3.8, 4) is 0 Å². The van der Waals surface area contributed by atoms with Gasteiger partial charge in [-0.3, -0.25) is 0 Å². The lowest BCUT2D eigenvalue weighted by Gasteiger charge is -2.19. The summed E-state index contributed by atoms with van der Waals surface area (Å²) in [6.07, 6.45) is 3.76. The fourth-order valence-electron chi connectivity index (χ4n) is 1.62. The van der Waals surface area contributed by atoms with E-state index in [1.807, 2.05) is 0 Å². The average Bonchev–Trinajstić information content (AvgIpc) is 2.15. The molecule has 10 heavy (non-hydrogen) atoms. The Morgan fingerprint density at radius 1 is 1.40 bits per heavy atom. The molecule has 0 radical (unpaired) electrons. The van der Waals surface area contributed by atoms with Crippen LogP contribution in [0.2, 0.25) is 0 Å². The van der Waals surface area contributed by atoms with Gasteiger partial charge in [-0.25, -0.2) is 0 Å². The Hall–Kier alpha value is -0.0800. The first-order chi connectivity index (χ1) is 4.70. The molecule has 1 rings (SSSR count). The van der Waals surface area contributed by atoms with Crippen molar-refractivity contribution in [1.82, 2.24) is 5.32 Å². The summed E-state index contributed by atoms with van der Waals surface area (Å²) >= 11 is 0. The van der Waals surface area contributed by atoms with Gasteiger partial charge in [0.25, 0.3) is 0 Å². The first-order valence-corrected chi connectivity index (χ1v) is 4.22. The van der Waals surface area contributed by atoms with Crippen molar-refractivity contribution in [2.24, 2.45) is 5.73 Å². The summed E-state index contributed by atoms with van der Waals surface area (Å²) in [4.78, 5) is 0. The summed E-state index contributed by atoms with van der Waals surface area (Å²) in [7, 11) is 0. The molecule has 0 unspecified atom stereocenters. The summed E-state index contributed by atoms with van der Waals surface area (Å²) < 4.78 is 0. The summed E-state index contributed by atoms with van der Waals surface area (Å²) in [6.45, 7) is 4.34. The second kappa shape index (κ2) is 3.35. The Balaban J connectivity index is 2.26. The molecule has 1 aliphatic carbocycles. The molecule has 0 aromatic rings. The van der Waals surface area contributed by atoms with E-state index in [9.17, 15) is 0 Å². The Bertz CT molecular complexity index is 101. The van der Waals surface area contributed by atoms with Gasteiger partial charge in [-0.1, -0.05) is 20.3 Å². The van der Waals surface area contributed by atoms with Crippen molar-refractivity contribution in [2.45, 2.75) is 51.2 Å². The Morgan fingerprint density at radius 2 is 2.10 bits per heavy atom. The molecule has 1 fully saturated rings. The Morgan fingerprint density at radius 3 is 2.50 bits per heavy atom. The molecule has 2 atom stereocenters. The van der Waals surface area contributed by atoms with Crippen molar-refractivity contribution in [3.63, 3.8) is 0 Å². The highest BCUT2D eigenvalue weighted by Crippen LogP contribution is 2.17. The number of nitrogens with one attached hydrogen (secondary N) is 1. The highest BCUT2D eigenvalue weighted by atomic mass is 15.0. The number of hydrogen-bond acceptors (Lipinski definition) is 2. The van der Waals surface area contributed by atoms with Gasteiger partial charge in [-0.2, -0.15) is 0 Å². The maximum absolute atomic E-state index is 5.86. The molecule has 3 N–H and O–H groups in total. The molecule has 0 heterocycles. The fourth-order valence-corrected chi connectivity index (χ4v) is 1.62. The van der Waals surface area contributed by atoms with Crippen molar-refractivity contribution < 1.29 is 0 Å². The molecule has 2 heteroatoms. The van der Waals surface area contributed by atoms with E-state index < -0.39 is 0 Å². The molecule has 1 saturated carbocycles. The summed E-state index contributed by atoms with van der Waals surface area (Å²) in [5.74, 6) is 0. The van der Waals surface area contributed by atoms with E-state index in [1.54, 1.807) is 0 Å². The summed E-state index contributed by atoms with van der Waals surface area (Å²) in [5, 5.41) is 3.47. The second-order valence-corrected chi connectivity index (χ2v) is 3.52. The number of hydrogen-bond donors (Lipinski definition) is 2. The lowest BCUT2D eigenvalue weighted by molar-refractivity contribution is 0.435. The zero-order chi connectivity index (χ0) is 7.56. The van der Waals surface area contributed by atoms with Crippen molar-refractivity contribution >= 4 is 0 Å². The predicted octanol–water partition coefficient (Wildman–Crippen LogP) is 0.864. The maximum atomic E-state index is 5.86. The third-order valence-corrected chi connectivity index (χ3v) is 2.12. The van der Waals surface area contributed by atoms with Crippen LogP contribution in [0.15, 0.2) is 0 Å². The summed E-state index contributed by atoms with van der Waals surface area (Å²) in [6, 6.07) is 1.57. The van der Waals surface area contributed by atoms with Crippen LogP contribution in [-0.2, 0) is 0 Å². The van der Waals surface area contributed by atoms with Gasteiger partial charge in [0.15, 0.2) is 0 Å². The molecular weight excluding hydrogens is 124 g/mol. The van der Waals surface area contributed by atoms with E-state index in [2.05, 4.69) is 19.2 Å². The smallest absolute Gasteiger partial charge is 0.0221 e. The van der Waals surface area contributed by atoms with Crippen LogP contribution in [0, 0.1) is 0 Å². The summed E-state index contributed by atoms with van der Waals surface area (Å²) in [5.41, 5.74) is 5.86. The lowest BCUT2D eigenvalue weighted by atomic mass is 10.1. The molecule has 0 aromatic carbocycles. The minimum absolute atomic E-state index is 0.405. The van der Waals surface area contributed by atoms with Gasteiger partial charge in [-0.15, -0.1) is 0 Å². The zero-order valence-electron chi connectivity index (χ0n) is 6.93. The van der Waals surface area contributed by atoms with Crippen molar-refractivity contribution in [3.05, 3.63) is 0 Å². The molecular formula is C8H18N2. The molecule has 1 aliphatic rings. The average molecular weight is 142 g/mol. The third kappa shape index (κ3) is 1.96. The molecule has 0 amide bonds. The van der Waals surface area contributed by atoms with Gasteiger partial charge in [0.05, 0.1) is 0 Å². The lowest BCUT2D eigenvalue weighted by Crippen LogP contribution is -2.43. The highest BCUT2D eigenvalue weighted by molar-refractivity contribution is 4.86. The molecule has 0 bridgehead atoms. The van der Waals surface area contributed by atoms with E-state index >= 15 is 0 Å². The first-order valence-electron chi connectivity index (χ1n) is 4.22. The first kappa shape index (κ1) is 8.02. The van der Waals surface area contributed by atoms with Gasteiger partial charge >= 0.3 is 0 Å². The molecule has 0 aliphatic heterocycles. The van der Waals surface area contributed by atoms with E-state index in [1.165, 1.54) is 19.3 Å². The van der Waals surface area contributed by atoms with Crippen molar-refractivity contribution in [2.75, 3.05) is 0 Å². The maximum Gasteiger partial charge on any atom is 0.0221 e. The van der Waals surface area contributed by atoms with Crippen LogP contribution < -0.4 is 11.1 Å². The molecule has 0 spiro atoms. The SMILES string of the molecule is CC(C)N[C@@H]1CCC[C@H]1N. The monoisotopic (exact) mass is 142 g/mol. The Kier molecular flexibility index (Phi) is 2.69. The third-order valence-electron chi connectivity index (χ3n) is 2.12. The van der Waals surface area contributed by atoms with E-state index in [4.69, 9.17) is 5.73 Å². The minimum atomic E-state index is 0.405. The standard InChI is InChI=1S/C8H18N2/c1-6(2)10-8-5-3-4-7(8)9/h6-8,10H,3-5,9H2,1-2H3/t7-,8-/m1/s1. The molecule has 60 valence electrons. The van der Waals surface area contributed by atoms with Crippen molar-refractivity contribution in [1.29, 1.82) is 0 Å². The van der Waals surface area contributed by atoms with E-state index in [0.29, 0.717) is 18.1 Å². The molecule has 2 nitrogen and oxygen atoms in total. The predicted molar refractivity (Wildman–Crippen MR) is 43.9 cm³/mol. The van der Waals surface area contributed by atoms with Crippen LogP contribution in [0.25, 0.3) is 0 Å². The van der Waals surface area contributed by atoms with Crippen LogP contribution in [0.3, 0.4) is 0 Å². The quantitative estimate of drug-likeness (QED) is 0.600. The van der Waals surface area contributed by atoms with E-state index in [0.717, 1.165) is 0 Å². The normalized spacial score (nSPS) is 33.6. The second-order valence-electron chi connectivity index (χ2n) is 3.52. The van der Waals surface area contributed by atoms with Crippen LogP contribution in [0.5, 0.6) is 0 Å². The van der Waals surface area contributed by atoms with Gasteiger partial charge in [0, 0.05) is 18.1 Å². The van der Waals surface area contributed by atoms with Crippen LogP contribution in [0.1, 0.15) is 33.1 Å². The number of nitrogens with two attached hydrogens (primary N) is 1. The van der Waals surface area contributed by atoms with Gasteiger partial charge in [-0.05, 0) is 12.8 Å². The Labute approximate surface area is 63.2 Å². The number of rotatable bonds is 2. The molecule has 0 saturated heterocycles. The highest BCUT2D eigenvalue weighted by Gasteiger charge is 2.23. The van der Waals surface area contributed by atoms with Gasteiger partial charge in [0.1, 0.15) is 0 Å². The van der Waals surface area contributed by atoms with Crippen LogP contribution in [0.4, 0.5) is 0 Å². The minimum Gasteiger partial charge on any atom is -0.326 e. The van der Waals surface area contributed by atoms with Crippen LogP contribution in [-0.4, -0.2) is 18.1 Å². The zero-order valence-corrected chi connectivity index (χ0v) is 6.93. The van der Waals surface area contributed by atoms with Crippen LogP contribution >= 0.6 is 0 Å².